The van der Waals surface area contributed by atoms with Crippen LogP contribution in [0.25, 0.3) is 0 Å². The van der Waals surface area contributed by atoms with E-state index >= 15 is 0 Å². The fourth-order valence-electron chi connectivity index (χ4n) is 3.29. The first-order chi connectivity index (χ1) is 12.4. The molecular weight excluding hydrogens is 350 g/mol. The Morgan fingerprint density at radius 1 is 1.19 bits per heavy atom. The fourth-order valence-corrected chi connectivity index (χ4v) is 4.75. The van der Waals surface area contributed by atoms with Crippen molar-refractivity contribution in [2.45, 2.75) is 50.5 Å². The molecule has 0 bridgehead atoms. The molecular formula is C19H32N3O3S+. The van der Waals surface area contributed by atoms with Gasteiger partial charge in [0.2, 0.25) is 10.0 Å². The van der Waals surface area contributed by atoms with E-state index in [0.717, 1.165) is 17.7 Å². The third-order valence-corrected chi connectivity index (χ3v) is 6.78. The van der Waals surface area contributed by atoms with Crippen molar-refractivity contribution < 1.29 is 18.1 Å². The van der Waals surface area contributed by atoms with E-state index < -0.39 is 10.0 Å². The number of nitrogens with one attached hydrogen (secondary N) is 2. The molecule has 2 N–H and O–H groups in total. The molecule has 1 aliphatic rings. The van der Waals surface area contributed by atoms with Crippen molar-refractivity contribution in [1.29, 1.82) is 0 Å². The van der Waals surface area contributed by atoms with E-state index in [-0.39, 0.29) is 11.9 Å². The highest BCUT2D eigenvalue weighted by molar-refractivity contribution is 7.89. The van der Waals surface area contributed by atoms with Crippen LogP contribution in [-0.4, -0.2) is 57.4 Å². The second-order valence-electron chi connectivity index (χ2n) is 7.11. The van der Waals surface area contributed by atoms with Crippen molar-refractivity contribution in [3.63, 3.8) is 0 Å². The molecule has 0 spiro atoms. The van der Waals surface area contributed by atoms with Gasteiger partial charge in [-0.2, -0.15) is 4.31 Å². The van der Waals surface area contributed by atoms with E-state index in [2.05, 4.69) is 12.2 Å². The maximum absolute atomic E-state index is 12.6. The van der Waals surface area contributed by atoms with E-state index in [1.165, 1.54) is 17.1 Å². The summed E-state index contributed by atoms with van der Waals surface area (Å²) in [6.45, 7) is 6.85. The average molecular weight is 383 g/mol. The first-order valence-electron chi connectivity index (χ1n) is 9.61. The first-order valence-corrected chi connectivity index (χ1v) is 11.1. The van der Waals surface area contributed by atoms with Crippen LogP contribution in [0.15, 0.2) is 35.2 Å². The number of hydrogen-bond acceptors (Lipinski definition) is 3. The number of amides is 1. The van der Waals surface area contributed by atoms with Gasteiger partial charge in [-0.15, -0.1) is 0 Å². The standard InChI is InChI=1S/C19H31N3O3S/c1-3-4-6-9-17(2)20-19(23)16-21-12-14-22(15-13-21)26(24,25)18-10-7-5-8-11-18/h5,7-8,10-11,17H,3-4,6,9,12-16H2,1-2H3,(H,20,23)/p+1/t17-/m0/s1. The SMILES string of the molecule is CCCCC[C@H](C)NC(=O)C[NH+]1CCN(S(=O)(=O)c2ccccc2)CC1. The minimum absolute atomic E-state index is 0.0587. The molecule has 1 heterocycles. The van der Waals surface area contributed by atoms with Gasteiger partial charge in [-0.05, 0) is 25.5 Å². The molecule has 6 nitrogen and oxygen atoms in total. The van der Waals surface area contributed by atoms with Gasteiger partial charge in [-0.25, -0.2) is 8.42 Å². The van der Waals surface area contributed by atoms with Crippen molar-refractivity contribution in [3.05, 3.63) is 30.3 Å². The van der Waals surface area contributed by atoms with Gasteiger partial charge < -0.3 is 10.2 Å². The molecule has 1 aromatic rings. The lowest BCUT2D eigenvalue weighted by Gasteiger charge is -2.31. The van der Waals surface area contributed by atoms with E-state index in [1.807, 2.05) is 13.0 Å². The van der Waals surface area contributed by atoms with Crippen LogP contribution in [0, 0.1) is 0 Å². The Morgan fingerprint density at radius 3 is 2.46 bits per heavy atom. The van der Waals surface area contributed by atoms with Gasteiger partial charge in [0.1, 0.15) is 0 Å². The van der Waals surface area contributed by atoms with Crippen LogP contribution >= 0.6 is 0 Å². The number of carbonyl (C=O) groups excluding carboxylic acids is 1. The van der Waals surface area contributed by atoms with E-state index in [1.54, 1.807) is 24.3 Å². The molecule has 26 heavy (non-hydrogen) atoms. The highest BCUT2D eigenvalue weighted by Gasteiger charge is 2.31. The molecule has 1 amide bonds. The van der Waals surface area contributed by atoms with Gasteiger partial charge in [-0.1, -0.05) is 44.4 Å². The Hall–Kier alpha value is -1.44. The minimum atomic E-state index is -3.43. The maximum Gasteiger partial charge on any atom is 0.275 e. The van der Waals surface area contributed by atoms with E-state index in [0.29, 0.717) is 37.6 Å². The van der Waals surface area contributed by atoms with Crippen LogP contribution in [-0.2, 0) is 14.8 Å². The largest absolute Gasteiger partial charge is 0.349 e. The summed E-state index contributed by atoms with van der Waals surface area (Å²) in [5.74, 6) is 0.0587. The van der Waals surface area contributed by atoms with Crippen LogP contribution in [0.3, 0.4) is 0 Å². The lowest BCUT2D eigenvalue weighted by Crippen LogP contribution is -3.15. The molecule has 1 atom stereocenters. The number of sulfonamides is 1. The van der Waals surface area contributed by atoms with E-state index in [4.69, 9.17) is 0 Å². The summed E-state index contributed by atoms with van der Waals surface area (Å²) in [5.41, 5.74) is 0. The molecule has 0 radical (unpaired) electrons. The summed E-state index contributed by atoms with van der Waals surface area (Å²) in [5, 5.41) is 3.06. The van der Waals surface area contributed by atoms with Crippen LogP contribution in [0.5, 0.6) is 0 Å². The Morgan fingerprint density at radius 2 is 1.85 bits per heavy atom. The summed E-state index contributed by atoms with van der Waals surface area (Å²) in [6.07, 6.45) is 4.53. The molecule has 7 heteroatoms. The molecule has 2 rings (SSSR count). The summed E-state index contributed by atoms with van der Waals surface area (Å²) >= 11 is 0. The number of piperazine rings is 1. The predicted molar refractivity (Wildman–Crippen MR) is 103 cm³/mol. The summed E-state index contributed by atoms with van der Waals surface area (Å²) < 4.78 is 26.8. The number of quaternary nitrogens is 1. The highest BCUT2D eigenvalue weighted by atomic mass is 32.2. The van der Waals surface area contributed by atoms with Gasteiger partial charge in [0.15, 0.2) is 6.54 Å². The number of rotatable bonds is 9. The summed E-state index contributed by atoms with van der Waals surface area (Å²) in [4.78, 5) is 13.7. The zero-order chi connectivity index (χ0) is 19.0. The first kappa shape index (κ1) is 20.9. The molecule has 0 unspecified atom stereocenters. The average Bonchev–Trinajstić information content (AvgIpc) is 2.63. The molecule has 0 aromatic heterocycles. The fraction of sp³-hybridized carbons (Fsp3) is 0.632. The molecule has 146 valence electrons. The second kappa shape index (κ2) is 10.0. The third-order valence-electron chi connectivity index (χ3n) is 4.87. The maximum atomic E-state index is 12.6. The zero-order valence-corrected chi connectivity index (χ0v) is 16.7. The number of carbonyl (C=O) groups is 1. The summed E-state index contributed by atoms with van der Waals surface area (Å²) in [7, 11) is -3.43. The van der Waals surface area contributed by atoms with Gasteiger partial charge in [0.25, 0.3) is 5.91 Å². The number of unbranched alkanes of at least 4 members (excludes halogenated alkanes) is 2. The predicted octanol–water partition coefficient (Wildman–Crippen LogP) is 0.661. The Balaban J connectivity index is 1.77. The van der Waals surface area contributed by atoms with Crippen molar-refractivity contribution in [2.75, 3.05) is 32.7 Å². The smallest absolute Gasteiger partial charge is 0.275 e. The van der Waals surface area contributed by atoms with Crippen molar-refractivity contribution >= 4 is 15.9 Å². The molecule has 1 fully saturated rings. The van der Waals surface area contributed by atoms with Crippen molar-refractivity contribution in [2.24, 2.45) is 0 Å². The number of nitrogens with zero attached hydrogens (tertiary/aromatic N) is 1. The van der Waals surface area contributed by atoms with Gasteiger partial charge in [0, 0.05) is 6.04 Å². The monoisotopic (exact) mass is 382 g/mol. The quantitative estimate of drug-likeness (QED) is 0.617. The number of hydrogen-bond donors (Lipinski definition) is 2. The lowest BCUT2D eigenvalue weighted by atomic mass is 10.1. The Labute approximate surface area is 157 Å². The van der Waals surface area contributed by atoms with Crippen molar-refractivity contribution in [1.82, 2.24) is 9.62 Å². The molecule has 0 saturated carbocycles. The number of benzene rings is 1. The van der Waals surface area contributed by atoms with E-state index in [9.17, 15) is 13.2 Å². The van der Waals surface area contributed by atoms with Crippen LogP contribution in [0.1, 0.15) is 39.5 Å². The second-order valence-corrected chi connectivity index (χ2v) is 9.05. The Bertz CT molecular complexity index is 656. The topological polar surface area (TPSA) is 70.9 Å². The van der Waals surface area contributed by atoms with Crippen molar-refractivity contribution in [3.8, 4) is 0 Å². The molecule has 1 aliphatic heterocycles. The molecule has 0 aliphatic carbocycles. The van der Waals surface area contributed by atoms with Gasteiger partial charge >= 0.3 is 0 Å². The Kier molecular flexibility index (Phi) is 8.06. The van der Waals surface area contributed by atoms with Crippen LogP contribution in [0.4, 0.5) is 0 Å². The highest BCUT2D eigenvalue weighted by Crippen LogP contribution is 2.14. The minimum Gasteiger partial charge on any atom is -0.349 e. The summed E-state index contributed by atoms with van der Waals surface area (Å²) in [6, 6.07) is 8.74. The van der Waals surface area contributed by atoms with Crippen LogP contribution in [0.2, 0.25) is 0 Å². The normalized spacial score (nSPS) is 17.8. The van der Waals surface area contributed by atoms with Gasteiger partial charge in [0.05, 0.1) is 31.1 Å². The molecule has 1 aromatic carbocycles. The lowest BCUT2D eigenvalue weighted by molar-refractivity contribution is -0.895. The van der Waals surface area contributed by atoms with Crippen LogP contribution < -0.4 is 10.2 Å². The molecule has 1 saturated heterocycles. The van der Waals surface area contributed by atoms with Gasteiger partial charge in [-0.3, -0.25) is 4.79 Å². The third kappa shape index (κ3) is 6.07. The zero-order valence-electron chi connectivity index (χ0n) is 15.9.